The molecule has 22 aromatic rings. The van der Waals surface area contributed by atoms with Gasteiger partial charge in [-0.15, -0.1) is 0 Å². The van der Waals surface area contributed by atoms with E-state index in [4.69, 9.17) is 29.9 Å². The Kier molecular flexibility index (Phi) is 23.4. The molecular formula is C126H86N6. The average Bonchev–Trinajstić information content (AvgIpc) is 0.768. The van der Waals surface area contributed by atoms with Gasteiger partial charge in [0.15, 0.2) is 34.9 Å². The molecule has 0 bridgehead atoms. The Balaban J connectivity index is 0.000000159. The summed E-state index contributed by atoms with van der Waals surface area (Å²) in [5.41, 5.74) is 37.2. The second-order valence-electron chi connectivity index (χ2n) is 32.8. The van der Waals surface area contributed by atoms with Crippen LogP contribution in [-0.4, -0.2) is 29.9 Å². The van der Waals surface area contributed by atoms with E-state index in [0.717, 1.165) is 145 Å². The molecule has 20 aromatic carbocycles. The maximum atomic E-state index is 5.37. The van der Waals surface area contributed by atoms with Gasteiger partial charge < -0.3 is 0 Å². The van der Waals surface area contributed by atoms with Crippen molar-refractivity contribution < 1.29 is 0 Å². The monoisotopic (exact) mass is 1680 g/mol. The van der Waals surface area contributed by atoms with E-state index in [2.05, 4.69) is 473 Å². The number of hydrogen-bond donors (Lipinski definition) is 0. The first-order valence-electron chi connectivity index (χ1n) is 44.7. The number of hydrogen-bond acceptors (Lipinski definition) is 6. The SMILES string of the molecule is c1ccc(-c2ccc(-c3nc(-c4ccccc4)nc(-c4cc(-c5ccc(-c6ccccc6)c(-c6ccccc6)c5)cc(-c5ccc(-c6ccccc6)c(-c6ccccc6)c5)c4)n3)cc2)cc1.c1ccc(-c2nc(-c3cc(-c4ccc(-c5ccccc5)c(-c5ccccc5)c4)cc(-c4ccc(-c5ccccc5)c(-c5ccccc5)c4)c3)nc(-c3ccccc3-c3ccccc3)n2)cc1. The van der Waals surface area contributed by atoms with Crippen molar-refractivity contribution in [3.8, 4) is 224 Å². The Morgan fingerprint density at radius 2 is 0.227 bits per heavy atom. The average molecular weight is 1680 g/mol. The Hall–Kier alpha value is -17.6. The van der Waals surface area contributed by atoms with Crippen LogP contribution in [0.3, 0.4) is 0 Å². The van der Waals surface area contributed by atoms with Crippen LogP contribution in [0, 0.1) is 0 Å². The summed E-state index contributed by atoms with van der Waals surface area (Å²) in [6.07, 6.45) is 0. The van der Waals surface area contributed by atoms with E-state index in [1.54, 1.807) is 0 Å². The van der Waals surface area contributed by atoms with Crippen LogP contribution in [0.15, 0.2) is 522 Å². The summed E-state index contributed by atoms with van der Waals surface area (Å²) in [5, 5.41) is 0. The highest BCUT2D eigenvalue weighted by Crippen LogP contribution is 2.46. The van der Waals surface area contributed by atoms with E-state index in [0.29, 0.717) is 34.9 Å². The van der Waals surface area contributed by atoms with Gasteiger partial charge in [0.2, 0.25) is 0 Å². The maximum Gasteiger partial charge on any atom is 0.164 e. The van der Waals surface area contributed by atoms with Crippen LogP contribution in [0.5, 0.6) is 0 Å². The van der Waals surface area contributed by atoms with Crippen LogP contribution in [0.25, 0.3) is 224 Å². The minimum atomic E-state index is 0.596. The van der Waals surface area contributed by atoms with Gasteiger partial charge in [0, 0.05) is 33.4 Å². The molecule has 620 valence electrons. The molecule has 0 atom stereocenters. The fourth-order valence-electron chi connectivity index (χ4n) is 17.7. The van der Waals surface area contributed by atoms with E-state index < -0.39 is 0 Å². The van der Waals surface area contributed by atoms with Gasteiger partial charge >= 0.3 is 0 Å². The van der Waals surface area contributed by atoms with E-state index >= 15 is 0 Å². The van der Waals surface area contributed by atoms with Crippen molar-refractivity contribution in [3.05, 3.63) is 522 Å². The third-order valence-corrected chi connectivity index (χ3v) is 24.3. The van der Waals surface area contributed by atoms with Gasteiger partial charge in [-0.25, -0.2) is 29.9 Å². The second-order valence-corrected chi connectivity index (χ2v) is 32.8. The first-order chi connectivity index (χ1) is 65.4. The molecule has 0 spiro atoms. The van der Waals surface area contributed by atoms with Gasteiger partial charge in [0.05, 0.1) is 0 Å². The molecule has 0 saturated heterocycles. The fraction of sp³-hybridized carbons (Fsp3) is 0. The Bertz CT molecular complexity index is 7480. The summed E-state index contributed by atoms with van der Waals surface area (Å²) in [6, 6.07) is 184. The van der Waals surface area contributed by atoms with Crippen LogP contribution in [-0.2, 0) is 0 Å². The lowest BCUT2D eigenvalue weighted by Gasteiger charge is -2.17. The van der Waals surface area contributed by atoms with Crippen molar-refractivity contribution in [2.45, 2.75) is 0 Å². The van der Waals surface area contributed by atoms with Gasteiger partial charge in [0.25, 0.3) is 0 Å². The summed E-state index contributed by atoms with van der Waals surface area (Å²) in [4.78, 5) is 31.5. The molecule has 0 radical (unpaired) electrons. The zero-order chi connectivity index (χ0) is 88.1. The van der Waals surface area contributed by atoms with Crippen LogP contribution in [0.4, 0.5) is 0 Å². The minimum Gasteiger partial charge on any atom is -0.208 e. The van der Waals surface area contributed by atoms with Crippen molar-refractivity contribution in [1.82, 2.24) is 29.9 Å². The standard InChI is InChI=1S/2C63H43N3/c1-7-21-44(22-8-1)55-33-19-20-34-58(55)63-65-61(49-31-17-6-18-32-49)64-62(66-63)54-40-52(50-35-37-56(45-23-9-2-10-24-45)59(42-50)47-27-13-4-14-28-47)39-53(41-54)51-36-38-57(46-25-11-3-12-26-46)60(43-51)48-29-15-5-16-30-48;1-7-19-44(20-8-1)45-31-33-51(34-32-45)62-64-61(50-29-17-6-18-30-50)65-63(66-62)56-40-54(52-35-37-57(46-21-9-2-10-22-46)59(42-52)48-25-13-4-14-26-48)39-55(41-56)53-36-38-58(47-23-11-3-12-24-47)60(43-53)49-27-15-5-16-28-49/h2*1-43H. The van der Waals surface area contributed by atoms with Gasteiger partial charge in [-0.05, 0) is 216 Å². The molecule has 6 nitrogen and oxygen atoms in total. The van der Waals surface area contributed by atoms with E-state index in [1.165, 1.54) is 44.5 Å². The maximum absolute atomic E-state index is 5.37. The van der Waals surface area contributed by atoms with Gasteiger partial charge in [0.1, 0.15) is 0 Å². The van der Waals surface area contributed by atoms with Crippen molar-refractivity contribution in [2.24, 2.45) is 0 Å². The summed E-state index contributed by atoms with van der Waals surface area (Å²) in [6.45, 7) is 0. The zero-order valence-corrected chi connectivity index (χ0v) is 72.3. The molecule has 0 fully saturated rings. The van der Waals surface area contributed by atoms with Crippen molar-refractivity contribution in [3.63, 3.8) is 0 Å². The third-order valence-electron chi connectivity index (χ3n) is 24.3. The second kappa shape index (κ2) is 37.9. The molecule has 0 saturated carbocycles. The summed E-state index contributed by atoms with van der Waals surface area (Å²) < 4.78 is 0. The Labute approximate surface area is 770 Å². The largest absolute Gasteiger partial charge is 0.208 e. The smallest absolute Gasteiger partial charge is 0.164 e. The normalized spacial score (nSPS) is 11.0. The van der Waals surface area contributed by atoms with Crippen molar-refractivity contribution in [2.75, 3.05) is 0 Å². The summed E-state index contributed by atoms with van der Waals surface area (Å²) in [7, 11) is 0. The Morgan fingerprint density at radius 1 is 0.0758 bits per heavy atom. The molecule has 132 heavy (non-hydrogen) atoms. The fourth-order valence-corrected chi connectivity index (χ4v) is 17.7. The highest BCUT2D eigenvalue weighted by molar-refractivity contribution is 5.95. The minimum absolute atomic E-state index is 0.596. The van der Waals surface area contributed by atoms with Crippen LogP contribution in [0.1, 0.15) is 0 Å². The molecule has 0 amide bonds. The summed E-state index contributed by atoms with van der Waals surface area (Å²) >= 11 is 0. The predicted octanol–water partition coefficient (Wildman–Crippen LogP) is 33.1. The zero-order valence-electron chi connectivity index (χ0n) is 72.3. The van der Waals surface area contributed by atoms with Crippen molar-refractivity contribution >= 4 is 0 Å². The summed E-state index contributed by atoms with van der Waals surface area (Å²) in [5.74, 6) is 3.65. The lowest BCUT2D eigenvalue weighted by molar-refractivity contribution is 1.07. The first kappa shape index (κ1) is 81.5. The molecule has 22 rings (SSSR count). The Morgan fingerprint density at radius 3 is 0.477 bits per heavy atom. The topological polar surface area (TPSA) is 77.3 Å². The number of rotatable bonds is 20. The quantitative estimate of drug-likeness (QED) is 0.0757. The molecule has 0 aliphatic heterocycles. The molecule has 2 heterocycles. The van der Waals surface area contributed by atoms with Crippen LogP contribution in [0.2, 0.25) is 0 Å². The molecule has 0 unspecified atom stereocenters. The van der Waals surface area contributed by atoms with Crippen LogP contribution >= 0.6 is 0 Å². The van der Waals surface area contributed by atoms with Gasteiger partial charge in [-0.2, -0.15) is 0 Å². The van der Waals surface area contributed by atoms with E-state index in [9.17, 15) is 0 Å². The first-order valence-corrected chi connectivity index (χ1v) is 44.7. The molecule has 6 heteroatoms. The number of aromatic nitrogens is 6. The highest BCUT2D eigenvalue weighted by Gasteiger charge is 2.23. The molecule has 0 aliphatic rings. The third kappa shape index (κ3) is 17.9. The predicted molar refractivity (Wildman–Crippen MR) is 548 cm³/mol. The van der Waals surface area contributed by atoms with E-state index in [-0.39, 0.29) is 0 Å². The molecule has 2 aromatic heterocycles. The van der Waals surface area contributed by atoms with Gasteiger partial charge in [-0.3, -0.25) is 0 Å². The lowest BCUT2D eigenvalue weighted by atomic mass is 9.88. The lowest BCUT2D eigenvalue weighted by Crippen LogP contribution is -2.01. The molecule has 0 N–H and O–H groups in total. The van der Waals surface area contributed by atoms with E-state index in [1.807, 2.05) is 48.5 Å². The van der Waals surface area contributed by atoms with Gasteiger partial charge in [-0.1, -0.05) is 461 Å². The molecule has 0 aliphatic carbocycles. The van der Waals surface area contributed by atoms with Crippen LogP contribution < -0.4 is 0 Å². The van der Waals surface area contributed by atoms with Crippen molar-refractivity contribution in [1.29, 1.82) is 0 Å². The number of nitrogens with zero attached hydrogens (tertiary/aromatic N) is 6. The molecular weight excluding hydrogens is 1600 g/mol. The number of benzene rings is 20. The highest BCUT2D eigenvalue weighted by atomic mass is 15.0.